The number of nitrogens with zero attached hydrogens (tertiary/aromatic N) is 2. The smallest absolute Gasteiger partial charge is 0.381 e. The highest BCUT2D eigenvalue weighted by Gasteiger charge is 2.47. The quantitative estimate of drug-likeness (QED) is 0.443. The molecule has 1 aliphatic heterocycles. The average Bonchev–Trinajstić information content (AvgIpc) is 2.48. The SMILES string of the molecule is CC(=O)c1ccc(OS(=O)(=O)C2C=[N+](C)C(=O)N(C)C2=O)cc1. The molecule has 8 nitrogen and oxygen atoms in total. The molecule has 0 aliphatic carbocycles. The molecule has 1 atom stereocenters. The summed E-state index contributed by atoms with van der Waals surface area (Å²) in [5.74, 6) is -1.09. The Hall–Kier alpha value is -2.55. The van der Waals surface area contributed by atoms with Gasteiger partial charge in [-0.1, -0.05) is 0 Å². The van der Waals surface area contributed by atoms with Crippen LogP contribution in [0, 0.1) is 0 Å². The summed E-state index contributed by atoms with van der Waals surface area (Å²) in [6, 6.07) is 4.84. The van der Waals surface area contributed by atoms with Crippen molar-refractivity contribution in [2.24, 2.45) is 0 Å². The zero-order chi connectivity index (χ0) is 17.4. The zero-order valence-corrected chi connectivity index (χ0v) is 13.5. The number of urea groups is 1. The highest BCUT2D eigenvalue weighted by molar-refractivity contribution is 7.89. The summed E-state index contributed by atoms with van der Waals surface area (Å²) in [6.07, 6.45) is 0.990. The molecule has 122 valence electrons. The summed E-state index contributed by atoms with van der Waals surface area (Å²) in [6.45, 7) is 1.38. The van der Waals surface area contributed by atoms with E-state index in [9.17, 15) is 22.8 Å². The second-order valence-electron chi connectivity index (χ2n) is 5.02. The largest absolute Gasteiger partial charge is 0.500 e. The average molecular weight is 339 g/mol. The topological polar surface area (TPSA) is 101 Å². The summed E-state index contributed by atoms with van der Waals surface area (Å²) in [5.41, 5.74) is 0.403. The third-order valence-electron chi connectivity index (χ3n) is 3.31. The van der Waals surface area contributed by atoms with Crippen molar-refractivity contribution in [2.75, 3.05) is 14.1 Å². The van der Waals surface area contributed by atoms with E-state index in [2.05, 4.69) is 0 Å². The second-order valence-corrected chi connectivity index (χ2v) is 6.68. The lowest BCUT2D eigenvalue weighted by Gasteiger charge is -2.19. The molecule has 1 aromatic carbocycles. The van der Waals surface area contributed by atoms with Crippen molar-refractivity contribution in [3.05, 3.63) is 29.8 Å². The summed E-state index contributed by atoms with van der Waals surface area (Å²) in [4.78, 5) is 35.5. The van der Waals surface area contributed by atoms with Crippen molar-refractivity contribution in [3.8, 4) is 5.75 Å². The van der Waals surface area contributed by atoms with Crippen LogP contribution < -0.4 is 4.18 Å². The molecule has 2 rings (SSSR count). The van der Waals surface area contributed by atoms with E-state index in [0.29, 0.717) is 10.5 Å². The molecule has 23 heavy (non-hydrogen) atoms. The number of benzene rings is 1. The maximum Gasteiger partial charge on any atom is 0.500 e. The number of ketones is 1. The van der Waals surface area contributed by atoms with Gasteiger partial charge >= 0.3 is 22.1 Å². The van der Waals surface area contributed by atoms with Gasteiger partial charge in [0, 0.05) is 5.56 Å². The van der Waals surface area contributed by atoms with Crippen LogP contribution in [0.3, 0.4) is 0 Å². The molecule has 0 saturated heterocycles. The molecule has 9 heteroatoms. The summed E-state index contributed by atoms with van der Waals surface area (Å²) < 4.78 is 30.5. The monoisotopic (exact) mass is 339 g/mol. The van der Waals surface area contributed by atoms with Gasteiger partial charge < -0.3 is 4.18 Å². The molecule has 0 spiro atoms. The van der Waals surface area contributed by atoms with Crippen LogP contribution in [0.5, 0.6) is 5.75 Å². The first-order valence-electron chi connectivity index (χ1n) is 6.57. The molecule has 1 unspecified atom stereocenters. The van der Waals surface area contributed by atoms with Gasteiger partial charge in [-0.15, -0.1) is 0 Å². The fourth-order valence-electron chi connectivity index (χ4n) is 1.98. The van der Waals surface area contributed by atoms with Gasteiger partial charge in [0.15, 0.2) is 5.78 Å². The standard InChI is InChI=1S/C14H15N2O6S/c1-9(17)10-4-6-11(7-5-10)22-23(20,21)12-8-15(2)14(19)16(3)13(12)18/h4-8,12H,1-3H3/q+1. The second kappa shape index (κ2) is 5.92. The van der Waals surface area contributed by atoms with Crippen molar-refractivity contribution >= 4 is 34.1 Å². The van der Waals surface area contributed by atoms with E-state index in [1.165, 1.54) is 45.3 Å². The Morgan fingerprint density at radius 3 is 2.30 bits per heavy atom. The van der Waals surface area contributed by atoms with Crippen LogP contribution in [0.1, 0.15) is 17.3 Å². The van der Waals surface area contributed by atoms with Gasteiger partial charge in [-0.05, 0) is 31.2 Å². The predicted octanol–water partition coefficient (Wildman–Crippen LogP) is 0.272. The van der Waals surface area contributed by atoms with Crippen LogP contribution >= 0.6 is 0 Å². The minimum Gasteiger partial charge on any atom is -0.381 e. The maximum atomic E-state index is 12.3. The molecule has 1 aliphatic rings. The number of hydrogen-bond donors (Lipinski definition) is 0. The summed E-state index contributed by atoms with van der Waals surface area (Å²) >= 11 is 0. The van der Waals surface area contributed by atoms with Crippen LogP contribution in [0.4, 0.5) is 4.79 Å². The predicted molar refractivity (Wildman–Crippen MR) is 80.2 cm³/mol. The van der Waals surface area contributed by atoms with Gasteiger partial charge in [0.2, 0.25) is 0 Å². The lowest BCUT2D eigenvalue weighted by molar-refractivity contribution is -0.399. The normalized spacial score (nSPS) is 18.7. The fraction of sp³-hybridized carbons (Fsp3) is 0.286. The molecular weight excluding hydrogens is 324 g/mol. The van der Waals surface area contributed by atoms with Gasteiger partial charge in [-0.3, -0.25) is 4.79 Å². The summed E-state index contributed by atoms with van der Waals surface area (Å²) in [7, 11) is -1.80. The molecule has 1 heterocycles. The van der Waals surface area contributed by atoms with Crippen molar-refractivity contribution < 1.29 is 31.6 Å². The van der Waals surface area contributed by atoms with Gasteiger partial charge in [0.25, 0.3) is 5.25 Å². The molecule has 0 aromatic heterocycles. The molecular formula is C14H15N2O6S+. The molecule has 0 saturated carbocycles. The number of amides is 3. The third-order valence-corrected chi connectivity index (χ3v) is 4.68. The van der Waals surface area contributed by atoms with E-state index in [1.807, 2.05) is 0 Å². The zero-order valence-electron chi connectivity index (χ0n) is 12.7. The molecule has 0 fully saturated rings. The minimum atomic E-state index is -4.33. The van der Waals surface area contributed by atoms with Crippen LogP contribution in [0.15, 0.2) is 24.3 Å². The first kappa shape index (κ1) is 16.8. The van der Waals surface area contributed by atoms with Crippen LogP contribution in [0.2, 0.25) is 0 Å². The maximum absolute atomic E-state index is 12.3. The number of imide groups is 1. The highest BCUT2D eigenvalue weighted by atomic mass is 32.2. The number of carbonyl (C=O) groups excluding carboxylic acids is 3. The highest BCUT2D eigenvalue weighted by Crippen LogP contribution is 2.18. The number of hydrogen-bond acceptors (Lipinski definition) is 6. The Labute approximate surface area is 133 Å². The number of rotatable bonds is 4. The Bertz CT molecular complexity index is 810. The van der Waals surface area contributed by atoms with Gasteiger partial charge in [0.05, 0.1) is 14.1 Å². The van der Waals surface area contributed by atoms with E-state index in [0.717, 1.165) is 10.8 Å². The Morgan fingerprint density at radius 1 is 1.22 bits per heavy atom. The first-order chi connectivity index (χ1) is 10.6. The van der Waals surface area contributed by atoms with Crippen LogP contribution in [-0.2, 0) is 14.9 Å². The third kappa shape index (κ3) is 3.29. The number of Topliss-reactive ketones (excluding diaryl/α,β-unsaturated/α-hetero) is 1. The first-order valence-corrected chi connectivity index (χ1v) is 8.04. The van der Waals surface area contributed by atoms with Crippen LogP contribution in [-0.4, -0.2) is 61.2 Å². The Balaban J connectivity index is 2.30. The Kier molecular flexibility index (Phi) is 4.33. The minimum absolute atomic E-state index is 0.0293. The fourth-order valence-corrected chi connectivity index (χ4v) is 3.20. The van der Waals surface area contributed by atoms with Crippen molar-refractivity contribution in [3.63, 3.8) is 0 Å². The van der Waals surface area contributed by atoms with Gasteiger partial charge in [-0.2, -0.15) is 18.1 Å². The van der Waals surface area contributed by atoms with E-state index in [-0.39, 0.29) is 11.5 Å². The van der Waals surface area contributed by atoms with Crippen molar-refractivity contribution in [2.45, 2.75) is 12.2 Å². The number of carbonyl (C=O) groups is 3. The summed E-state index contributed by atoms with van der Waals surface area (Å²) in [5, 5.41) is -1.62. The Morgan fingerprint density at radius 2 is 1.78 bits per heavy atom. The molecule has 3 amide bonds. The molecule has 1 aromatic rings. The van der Waals surface area contributed by atoms with Crippen molar-refractivity contribution in [1.82, 2.24) is 4.90 Å². The van der Waals surface area contributed by atoms with E-state index < -0.39 is 27.3 Å². The van der Waals surface area contributed by atoms with E-state index >= 15 is 0 Å². The van der Waals surface area contributed by atoms with E-state index in [4.69, 9.17) is 4.18 Å². The molecule has 0 radical (unpaired) electrons. The van der Waals surface area contributed by atoms with Crippen LogP contribution in [0.25, 0.3) is 0 Å². The van der Waals surface area contributed by atoms with Crippen molar-refractivity contribution in [1.29, 1.82) is 0 Å². The van der Waals surface area contributed by atoms with E-state index in [1.54, 1.807) is 0 Å². The molecule has 0 bridgehead atoms. The van der Waals surface area contributed by atoms with Gasteiger partial charge in [0.1, 0.15) is 12.0 Å². The lowest BCUT2D eigenvalue weighted by Crippen LogP contribution is -2.54. The molecule has 0 N–H and O–H groups in total. The lowest BCUT2D eigenvalue weighted by atomic mass is 10.1. The van der Waals surface area contributed by atoms with Gasteiger partial charge in [-0.25, -0.2) is 9.37 Å².